The highest BCUT2D eigenvalue weighted by molar-refractivity contribution is 4.92. The molecule has 96 valence electrons. The molecule has 0 amide bonds. The lowest BCUT2D eigenvalue weighted by molar-refractivity contribution is -0.128. The molecule has 1 aliphatic rings. The largest absolute Gasteiger partial charge is 0.396 e. The Morgan fingerprint density at radius 1 is 1.47 bits per heavy atom. The van der Waals surface area contributed by atoms with E-state index in [1.807, 2.05) is 6.92 Å². The zero-order chi connectivity index (χ0) is 12.5. The molecule has 1 aliphatic heterocycles. The topological polar surface area (TPSA) is 60.2 Å². The number of alkyl halides is 3. The molecule has 0 radical (unpaired) electrons. The van der Waals surface area contributed by atoms with E-state index in [1.165, 1.54) is 0 Å². The third-order valence-corrected chi connectivity index (χ3v) is 2.41. The van der Waals surface area contributed by atoms with Crippen LogP contribution in [0.1, 0.15) is 18.6 Å². The molecule has 1 saturated heterocycles. The average molecular weight is 251 g/mol. The molecule has 2 rings (SSSR count). The van der Waals surface area contributed by atoms with Crippen molar-refractivity contribution in [2.45, 2.75) is 31.7 Å². The number of aromatic nitrogens is 2. The van der Waals surface area contributed by atoms with Crippen LogP contribution in [0.4, 0.5) is 13.2 Å². The van der Waals surface area contributed by atoms with Crippen molar-refractivity contribution in [2.24, 2.45) is 0 Å². The molecule has 1 aromatic rings. The molecule has 0 spiro atoms. The van der Waals surface area contributed by atoms with Crippen molar-refractivity contribution < 1.29 is 22.4 Å². The molecule has 0 unspecified atom stereocenters. The minimum absolute atomic E-state index is 0.0308. The van der Waals surface area contributed by atoms with Crippen LogP contribution in [-0.4, -0.2) is 35.0 Å². The Balaban J connectivity index is 1.85. The van der Waals surface area contributed by atoms with Crippen molar-refractivity contribution in [2.75, 3.05) is 13.1 Å². The van der Waals surface area contributed by atoms with Gasteiger partial charge in [-0.05, 0) is 6.92 Å². The number of halogens is 3. The van der Waals surface area contributed by atoms with Gasteiger partial charge in [0.05, 0.1) is 5.60 Å². The van der Waals surface area contributed by atoms with E-state index < -0.39 is 12.6 Å². The summed E-state index contributed by atoms with van der Waals surface area (Å²) in [5, 5.41) is 6.28. The molecular weight excluding hydrogens is 239 g/mol. The Bertz CT molecular complexity index is 387. The minimum atomic E-state index is -4.33. The van der Waals surface area contributed by atoms with Gasteiger partial charge < -0.3 is 14.6 Å². The van der Waals surface area contributed by atoms with E-state index >= 15 is 0 Å². The summed E-state index contributed by atoms with van der Waals surface area (Å²) in [6.07, 6.45) is -5.51. The highest BCUT2D eigenvalue weighted by atomic mass is 19.4. The quantitative estimate of drug-likeness (QED) is 0.866. The van der Waals surface area contributed by atoms with Crippen molar-refractivity contribution >= 4 is 0 Å². The van der Waals surface area contributed by atoms with Crippen LogP contribution < -0.4 is 5.32 Å². The number of hydrogen-bond donors (Lipinski definition) is 1. The monoisotopic (exact) mass is 251 g/mol. The molecule has 0 bridgehead atoms. The van der Waals surface area contributed by atoms with Gasteiger partial charge in [-0.3, -0.25) is 0 Å². The van der Waals surface area contributed by atoms with Crippen LogP contribution in [-0.2, 0) is 17.8 Å². The van der Waals surface area contributed by atoms with Gasteiger partial charge in [0.15, 0.2) is 5.82 Å². The van der Waals surface area contributed by atoms with Crippen LogP contribution in [0.25, 0.3) is 0 Å². The van der Waals surface area contributed by atoms with E-state index in [-0.39, 0.29) is 23.9 Å². The van der Waals surface area contributed by atoms with Gasteiger partial charge in [-0.15, -0.1) is 0 Å². The Morgan fingerprint density at radius 3 is 2.71 bits per heavy atom. The Kier molecular flexibility index (Phi) is 3.09. The van der Waals surface area contributed by atoms with E-state index in [1.54, 1.807) is 0 Å². The summed E-state index contributed by atoms with van der Waals surface area (Å²) < 4.78 is 46.2. The Morgan fingerprint density at radius 2 is 2.18 bits per heavy atom. The second-order valence-electron chi connectivity index (χ2n) is 4.24. The summed E-state index contributed by atoms with van der Waals surface area (Å²) in [6, 6.07) is 0. The maximum absolute atomic E-state index is 12.0. The molecule has 1 fully saturated rings. The first-order chi connectivity index (χ1) is 7.86. The van der Waals surface area contributed by atoms with Gasteiger partial charge in [0.25, 0.3) is 5.89 Å². The standard InChI is InChI=1S/C9H12F3N3O2/c1-8(4-13-5-8)16-3-7-14-6(15-17-7)2-9(10,11)12/h13H,2-5H2,1H3. The van der Waals surface area contributed by atoms with Crippen LogP contribution in [0.3, 0.4) is 0 Å². The van der Waals surface area contributed by atoms with Gasteiger partial charge >= 0.3 is 6.18 Å². The molecule has 0 saturated carbocycles. The maximum atomic E-state index is 12.0. The van der Waals surface area contributed by atoms with Gasteiger partial charge in [0, 0.05) is 13.1 Å². The maximum Gasteiger partial charge on any atom is 0.396 e. The zero-order valence-corrected chi connectivity index (χ0v) is 9.17. The van der Waals surface area contributed by atoms with Gasteiger partial charge in [-0.2, -0.15) is 18.2 Å². The van der Waals surface area contributed by atoms with Crippen molar-refractivity contribution in [1.82, 2.24) is 15.5 Å². The van der Waals surface area contributed by atoms with Crippen molar-refractivity contribution in [3.63, 3.8) is 0 Å². The molecule has 5 nitrogen and oxygen atoms in total. The normalized spacial score (nSPS) is 19.1. The summed E-state index contributed by atoms with van der Waals surface area (Å²) in [5.74, 6) is -0.301. The minimum Gasteiger partial charge on any atom is -0.363 e. The van der Waals surface area contributed by atoms with Crippen LogP contribution in [0.2, 0.25) is 0 Å². The Hall–Kier alpha value is -1.15. The molecule has 0 atom stereocenters. The number of nitrogens with zero attached hydrogens (tertiary/aromatic N) is 2. The van der Waals surface area contributed by atoms with Crippen molar-refractivity contribution in [3.8, 4) is 0 Å². The number of hydrogen-bond acceptors (Lipinski definition) is 5. The SMILES string of the molecule is CC1(OCc2nc(CC(F)(F)F)no2)CNC1. The summed E-state index contributed by atoms with van der Waals surface area (Å²) in [6.45, 7) is 3.34. The molecule has 0 aliphatic carbocycles. The molecule has 1 N–H and O–H groups in total. The highest BCUT2D eigenvalue weighted by Gasteiger charge is 2.34. The second-order valence-corrected chi connectivity index (χ2v) is 4.24. The first kappa shape index (κ1) is 12.3. The lowest BCUT2D eigenvalue weighted by Gasteiger charge is -2.38. The van der Waals surface area contributed by atoms with E-state index in [9.17, 15) is 13.2 Å². The summed E-state index contributed by atoms with van der Waals surface area (Å²) in [7, 11) is 0. The van der Waals surface area contributed by atoms with E-state index in [4.69, 9.17) is 4.74 Å². The van der Waals surface area contributed by atoms with E-state index in [0.29, 0.717) is 13.1 Å². The second kappa shape index (κ2) is 4.26. The summed E-state index contributed by atoms with van der Waals surface area (Å²) in [4.78, 5) is 3.61. The number of rotatable bonds is 4. The van der Waals surface area contributed by atoms with Gasteiger partial charge in [0.1, 0.15) is 13.0 Å². The molecule has 0 aromatic carbocycles. The molecule has 8 heteroatoms. The van der Waals surface area contributed by atoms with Crippen molar-refractivity contribution in [1.29, 1.82) is 0 Å². The first-order valence-corrected chi connectivity index (χ1v) is 5.09. The number of nitrogens with one attached hydrogen (secondary N) is 1. The third-order valence-electron chi connectivity index (χ3n) is 2.41. The third kappa shape index (κ3) is 3.40. The van der Waals surface area contributed by atoms with Gasteiger partial charge in [-0.1, -0.05) is 5.16 Å². The highest BCUT2D eigenvalue weighted by Crippen LogP contribution is 2.20. The van der Waals surface area contributed by atoms with Crippen LogP contribution in [0.5, 0.6) is 0 Å². The molecule has 1 aromatic heterocycles. The van der Waals surface area contributed by atoms with Crippen LogP contribution >= 0.6 is 0 Å². The fourth-order valence-electron chi connectivity index (χ4n) is 1.41. The number of ether oxygens (including phenoxy) is 1. The molecule has 17 heavy (non-hydrogen) atoms. The molecule has 2 heterocycles. The van der Waals surface area contributed by atoms with Gasteiger partial charge in [0.2, 0.25) is 0 Å². The van der Waals surface area contributed by atoms with Crippen molar-refractivity contribution in [3.05, 3.63) is 11.7 Å². The van der Waals surface area contributed by atoms with Crippen LogP contribution in [0, 0.1) is 0 Å². The summed E-state index contributed by atoms with van der Waals surface area (Å²) >= 11 is 0. The van der Waals surface area contributed by atoms with Gasteiger partial charge in [-0.25, -0.2) is 0 Å². The fraction of sp³-hybridized carbons (Fsp3) is 0.778. The van der Waals surface area contributed by atoms with E-state index in [2.05, 4.69) is 20.0 Å². The average Bonchev–Trinajstić information content (AvgIpc) is 2.57. The lowest BCUT2D eigenvalue weighted by atomic mass is 10.0. The zero-order valence-electron chi connectivity index (χ0n) is 9.17. The smallest absolute Gasteiger partial charge is 0.363 e. The fourth-order valence-corrected chi connectivity index (χ4v) is 1.41. The Labute approximate surface area is 95.3 Å². The lowest BCUT2D eigenvalue weighted by Crippen LogP contribution is -2.58. The van der Waals surface area contributed by atoms with E-state index in [0.717, 1.165) is 0 Å². The predicted molar refractivity (Wildman–Crippen MR) is 50.1 cm³/mol. The summed E-state index contributed by atoms with van der Waals surface area (Å²) in [5.41, 5.74) is -0.293. The van der Waals surface area contributed by atoms with Crippen LogP contribution in [0.15, 0.2) is 4.52 Å². The molecular formula is C9H12F3N3O2. The first-order valence-electron chi connectivity index (χ1n) is 5.09. The predicted octanol–water partition coefficient (Wildman–Crippen LogP) is 1.05.